The fraction of sp³-hybridized carbons (Fsp3) is 0. The van der Waals surface area contributed by atoms with Gasteiger partial charge in [-0.3, -0.25) is 4.98 Å². The van der Waals surface area contributed by atoms with Gasteiger partial charge in [0.25, 0.3) is 0 Å². The van der Waals surface area contributed by atoms with E-state index in [0.29, 0.717) is 23.1 Å². The van der Waals surface area contributed by atoms with Gasteiger partial charge in [0.2, 0.25) is 0 Å². The highest BCUT2D eigenvalue weighted by Crippen LogP contribution is 2.41. The second-order valence-corrected chi connectivity index (χ2v) is 15.0. The van der Waals surface area contributed by atoms with Crippen LogP contribution in [0, 0.1) is 0 Å². The van der Waals surface area contributed by atoms with Gasteiger partial charge in [-0.2, -0.15) is 0 Å². The summed E-state index contributed by atoms with van der Waals surface area (Å²) >= 11 is 0. The Morgan fingerprint density at radius 3 is 2.07 bits per heavy atom. The summed E-state index contributed by atoms with van der Waals surface area (Å²) in [7, 11) is 0. The summed E-state index contributed by atoms with van der Waals surface area (Å²) in [5.74, 6) is 1.58. The Bertz CT molecular complexity index is 3870. The summed E-state index contributed by atoms with van der Waals surface area (Å²) in [6, 6.07) is 58.8. The van der Waals surface area contributed by atoms with Crippen LogP contribution >= 0.6 is 0 Å². The van der Waals surface area contributed by atoms with Gasteiger partial charge in [0.15, 0.2) is 23.1 Å². The summed E-state index contributed by atoms with van der Waals surface area (Å²) < 4.78 is 15.2. The summed E-state index contributed by atoms with van der Waals surface area (Å²) in [6.07, 6.45) is 1.78. The molecule has 8 aromatic carbocycles. The monoisotopic (exact) mass is 755 g/mol. The number of nitrogens with zero attached hydrogens (tertiary/aromatic N) is 5. The van der Waals surface area contributed by atoms with Crippen molar-refractivity contribution in [2.75, 3.05) is 0 Å². The Balaban J connectivity index is 1.05. The minimum atomic E-state index is 0.512. The first-order valence-electron chi connectivity index (χ1n) is 19.6. The van der Waals surface area contributed by atoms with Crippen molar-refractivity contribution in [2.45, 2.75) is 0 Å². The number of pyridine rings is 1. The molecule has 0 aliphatic rings. The number of hydrogen-bond acceptors (Lipinski definition) is 6. The molecule has 59 heavy (non-hydrogen) atoms. The Kier molecular flexibility index (Phi) is 6.60. The molecule has 13 aromatic rings. The van der Waals surface area contributed by atoms with Crippen molar-refractivity contribution < 1.29 is 8.83 Å². The van der Waals surface area contributed by atoms with E-state index in [1.807, 2.05) is 60.7 Å². The van der Waals surface area contributed by atoms with E-state index in [2.05, 4.69) is 114 Å². The molecule has 0 N–H and O–H groups in total. The number of hydrogen-bond donors (Lipinski definition) is 0. The van der Waals surface area contributed by atoms with Crippen LogP contribution in [0.2, 0.25) is 0 Å². The number of rotatable bonds is 4. The number of para-hydroxylation sites is 3. The third-order valence-electron chi connectivity index (χ3n) is 11.7. The molecule has 0 spiro atoms. The first kappa shape index (κ1) is 32.0. The van der Waals surface area contributed by atoms with Gasteiger partial charge in [0, 0.05) is 49.6 Å². The van der Waals surface area contributed by atoms with E-state index in [1.54, 1.807) is 6.20 Å². The van der Waals surface area contributed by atoms with Gasteiger partial charge in [-0.25, -0.2) is 15.0 Å². The van der Waals surface area contributed by atoms with Crippen molar-refractivity contribution in [1.29, 1.82) is 0 Å². The summed E-state index contributed by atoms with van der Waals surface area (Å²) in [5, 5.41) is 9.98. The second kappa shape index (κ2) is 12.2. The molecule has 7 nitrogen and oxygen atoms in total. The minimum Gasteiger partial charge on any atom is -0.455 e. The molecule has 0 atom stereocenters. The zero-order valence-electron chi connectivity index (χ0n) is 31.3. The quantitative estimate of drug-likeness (QED) is 0.178. The molecule has 0 aliphatic carbocycles. The van der Waals surface area contributed by atoms with E-state index in [-0.39, 0.29) is 0 Å². The number of furan rings is 2. The van der Waals surface area contributed by atoms with Gasteiger partial charge in [-0.05, 0) is 59.3 Å². The van der Waals surface area contributed by atoms with Gasteiger partial charge in [-0.1, -0.05) is 121 Å². The maximum atomic E-state index is 6.51. The van der Waals surface area contributed by atoms with Crippen LogP contribution in [0.5, 0.6) is 0 Å². The Morgan fingerprint density at radius 2 is 1.12 bits per heavy atom. The van der Waals surface area contributed by atoms with Gasteiger partial charge >= 0.3 is 0 Å². The van der Waals surface area contributed by atoms with Gasteiger partial charge < -0.3 is 13.4 Å². The molecule has 5 aromatic heterocycles. The molecule has 0 aliphatic heterocycles. The highest BCUT2D eigenvalue weighted by atomic mass is 16.3. The number of benzene rings is 8. The summed E-state index contributed by atoms with van der Waals surface area (Å²) in [4.78, 5) is 20.4. The van der Waals surface area contributed by atoms with Crippen molar-refractivity contribution in [3.63, 3.8) is 0 Å². The van der Waals surface area contributed by atoms with Crippen molar-refractivity contribution in [2.24, 2.45) is 0 Å². The minimum absolute atomic E-state index is 0.512. The van der Waals surface area contributed by atoms with Crippen LogP contribution in [0.1, 0.15) is 0 Å². The fourth-order valence-corrected chi connectivity index (χ4v) is 9.08. The van der Waals surface area contributed by atoms with E-state index >= 15 is 0 Å². The van der Waals surface area contributed by atoms with Crippen molar-refractivity contribution in [3.05, 3.63) is 176 Å². The lowest BCUT2D eigenvalue weighted by molar-refractivity contribution is 0.668. The van der Waals surface area contributed by atoms with Gasteiger partial charge in [0.1, 0.15) is 22.3 Å². The molecule has 0 radical (unpaired) electrons. The average molecular weight is 756 g/mol. The highest BCUT2D eigenvalue weighted by Gasteiger charge is 2.22. The van der Waals surface area contributed by atoms with Crippen LogP contribution in [0.25, 0.3) is 127 Å². The normalized spacial score (nSPS) is 12.1. The number of aromatic nitrogens is 5. The van der Waals surface area contributed by atoms with Crippen LogP contribution in [0.4, 0.5) is 0 Å². The van der Waals surface area contributed by atoms with E-state index in [4.69, 9.17) is 28.8 Å². The van der Waals surface area contributed by atoms with Crippen LogP contribution in [-0.2, 0) is 0 Å². The van der Waals surface area contributed by atoms with Crippen LogP contribution < -0.4 is 0 Å². The summed E-state index contributed by atoms with van der Waals surface area (Å²) in [5.41, 5.74) is 9.66. The molecule has 5 heterocycles. The molecule has 13 rings (SSSR count). The SMILES string of the molecule is c1cc(-n2c3ccccc3c3ccc4ccccc4c32)c2ccc(-c3nc(-c4cccc5c4oc4ccccc45)nc(-c4cccc5oc6cccnc6c45)n3)cc2c1. The van der Waals surface area contributed by atoms with Gasteiger partial charge in [0.05, 0.1) is 27.7 Å². The molecular weight excluding hydrogens is 727 g/mol. The van der Waals surface area contributed by atoms with Crippen molar-refractivity contribution in [1.82, 2.24) is 24.5 Å². The predicted molar refractivity (Wildman–Crippen MR) is 238 cm³/mol. The Hall–Kier alpha value is -8.16. The molecule has 7 heteroatoms. The van der Waals surface area contributed by atoms with Crippen molar-refractivity contribution >= 4 is 87.4 Å². The zero-order valence-corrected chi connectivity index (χ0v) is 31.3. The average Bonchev–Trinajstić information content (AvgIpc) is 3.98. The Morgan fingerprint density at radius 1 is 0.424 bits per heavy atom. The van der Waals surface area contributed by atoms with Crippen molar-refractivity contribution in [3.8, 4) is 39.9 Å². The molecule has 0 unspecified atom stereocenters. The standard InChI is InChI=1S/C52H29N5O2/c1-2-13-34-30(11-1)24-27-37-35-14-3-5-19-42(35)57(48(34)37)41-20-7-12-31-29-32(25-26-33(31)41)50-54-51(39-17-9-22-44-46(39)47-45(58-44)23-10-28-53-47)56-52(55-50)40-18-8-16-38-36-15-4-6-21-43(36)59-49(38)40/h1-29H. The van der Waals surface area contributed by atoms with Gasteiger partial charge in [-0.15, -0.1) is 0 Å². The molecule has 0 fully saturated rings. The third-order valence-corrected chi connectivity index (χ3v) is 11.7. The predicted octanol–water partition coefficient (Wildman–Crippen LogP) is 13.5. The molecule has 0 saturated heterocycles. The lowest BCUT2D eigenvalue weighted by atomic mass is 10.0. The van der Waals surface area contributed by atoms with E-state index in [0.717, 1.165) is 77.1 Å². The van der Waals surface area contributed by atoms with E-state index in [1.165, 1.54) is 27.1 Å². The maximum absolute atomic E-state index is 6.51. The molecule has 0 bridgehead atoms. The fourth-order valence-electron chi connectivity index (χ4n) is 9.08. The summed E-state index contributed by atoms with van der Waals surface area (Å²) in [6.45, 7) is 0. The molecule has 274 valence electrons. The third kappa shape index (κ3) is 4.70. The smallest absolute Gasteiger partial charge is 0.167 e. The first-order valence-corrected chi connectivity index (χ1v) is 19.6. The Labute approximate surface area is 335 Å². The van der Waals surface area contributed by atoms with E-state index in [9.17, 15) is 0 Å². The highest BCUT2D eigenvalue weighted by molar-refractivity contribution is 6.19. The first-order chi connectivity index (χ1) is 29.2. The van der Waals surface area contributed by atoms with Crippen LogP contribution in [0.3, 0.4) is 0 Å². The van der Waals surface area contributed by atoms with E-state index < -0.39 is 0 Å². The maximum Gasteiger partial charge on any atom is 0.167 e. The number of fused-ring (bicyclic) bond motifs is 12. The molecule has 0 saturated carbocycles. The largest absolute Gasteiger partial charge is 0.455 e. The second-order valence-electron chi connectivity index (χ2n) is 15.0. The zero-order chi connectivity index (χ0) is 38.6. The lowest BCUT2D eigenvalue weighted by Crippen LogP contribution is -2.01. The molecular formula is C52H29N5O2. The van der Waals surface area contributed by atoms with Crippen LogP contribution in [0.15, 0.2) is 185 Å². The van der Waals surface area contributed by atoms with Crippen LogP contribution in [-0.4, -0.2) is 24.5 Å². The lowest BCUT2D eigenvalue weighted by Gasteiger charge is -2.14. The topological polar surface area (TPSA) is 82.8 Å². The molecule has 0 amide bonds.